The molecule has 0 spiro atoms. The molecular weight excluding hydrogens is 468 g/mol. The first-order valence-electron chi connectivity index (χ1n) is 12.1. The number of nitrogens with zero attached hydrogens (tertiary/aromatic N) is 3. The Bertz CT molecular complexity index is 1320. The molecule has 36 heavy (non-hydrogen) atoms. The van der Waals surface area contributed by atoms with E-state index in [1.165, 1.54) is 22.9 Å². The molecule has 1 heterocycles. The molecule has 1 atom stereocenters. The van der Waals surface area contributed by atoms with Crippen LogP contribution in [0.25, 0.3) is 5.69 Å². The number of rotatable bonds is 9. The topological polar surface area (TPSA) is 69.0 Å². The first-order chi connectivity index (χ1) is 17.3. The van der Waals surface area contributed by atoms with Crippen molar-refractivity contribution < 1.29 is 9.53 Å². The number of carbonyl (C=O) groups excluding carboxylic acids is 1. The first kappa shape index (κ1) is 25.5. The molecule has 0 radical (unpaired) electrons. The second-order valence-corrected chi connectivity index (χ2v) is 10.1. The van der Waals surface area contributed by atoms with Gasteiger partial charge in [0.1, 0.15) is 5.75 Å². The Kier molecular flexibility index (Phi) is 8.10. The fraction of sp³-hybridized carbons (Fsp3) is 0.276. The van der Waals surface area contributed by atoms with E-state index in [9.17, 15) is 4.79 Å². The summed E-state index contributed by atoms with van der Waals surface area (Å²) in [6.45, 7) is 10.4. The maximum Gasteiger partial charge on any atom is 0.234 e. The number of carbonyl (C=O) groups is 1. The summed E-state index contributed by atoms with van der Waals surface area (Å²) in [4.78, 5) is 12.7. The Hall–Kier alpha value is -3.58. The van der Waals surface area contributed by atoms with Crippen LogP contribution in [0.1, 0.15) is 55.3 Å². The van der Waals surface area contributed by atoms with Crippen molar-refractivity contribution in [2.45, 2.75) is 51.8 Å². The molecule has 1 aromatic heterocycles. The maximum atomic E-state index is 12.7. The van der Waals surface area contributed by atoms with Crippen molar-refractivity contribution in [1.82, 2.24) is 14.8 Å². The number of amides is 1. The molecule has 1 unspecified atom stereocenters. The molecule has 186 valence electrons. The third-order valence-electron chi connectivity index (χ3n) is 6.02. The highest BCUT2D eigenvalue weighted by Gasteiger charge is 2.22. The van der Waals surface area contributed by atoms with Crippen molar-refractivity contribution in [2.24, 2.45) is 0 Å². The fourth-order valence-corrected chi connectivity index (χ4v) is 4.55. The van der Waals surface area contributed by atoms with Crippen LogP contribution in [0.5, 0.6) is 5.75 Å². The van der Waals surface area contributed by atoms with Crippen LogP contribution in [0, 0.1) is 13.8 Å². The molecular formula is C29H32N4O2S. The molecule has 0 saturated heterocycles. The zero-order valence-corrected chi connectivity index (χ0v) is 22.2. The van der Waals surface area contributed by atoms with E-state index in [0.29, 0.717) is 16.9 Å². The van der Waals surface area contributed by atoms with Gasteiger partial charge in [-0.1, -0.05) is 62.0 Å². The van der Waals surface area contributed by atoms with Gasteiger partial charge >= 0.3 is 0 Å². The molecule has 0 aliphatic carbocycles. The molecule has 0 aliphatic heterocycles. The molecule has 4 rings (SSSR count). The molecule has 4 aromatic rings. The highest BCUT2D eigenvalue weighted by molar-refractivity contribution is 7.99. The lowest BCUT2D eigenvalue weighted by Crippen LogP contribution is -2.15. The van der Waals surface area contributed by atoms with E-state index in [-0.39, 0.29) is 17.8 Å². The summed E-state index contributed by atoms with van der Waals surface area (Å²) in [6.07, 6.45) is -0.346. The van der Waals surface area contributed by atoms with E-state index in [1.807, 2.05) is 79.1 Å². The minimum absolute atomic E-state index is 0.0954. The number of hydrogen-bond donors (Lipinski definition) is 1. The minimum Gasteiger partial charge on any atom is -0.483 e. The van der Waals surface area contributed by atoms with Gasteiger partial charge in [0.2, 0.25) is 5.91 Å². The number of benzene rings is 3. The number of nitrogens with one attached hydrogen (secondary N) is 1. The number of hydrogen-bond acceptors (Lipinski definition) is 5. The highest BCUT2D eigenvalue weighted by atomic mass is 32.2. The Morgan fingerprint density at radius 1 is 0.944 bits per heavy atom. The highest BCUT2D eigenvalue weighted by Crippen LogP contribution is 2.29. The number of aryl methyl sites for hydroxylation is 2. The molecule has 0 aliphatic rings. The maximum absolute atomic E-state index is 12.7. The summed E-state index contributed by atoms with van der Waals surface area (Å²) in [5.41, 5.74) is 5.31. The lowest BCUT2D eigenvalue weighted by molar-refractivity contribution is -0.113. The largest absolute Gasteiger partial charge is 0.483 e. The van der Waals surface area contributed by atoms with Gasteiger partial charge in [-0.2, -0.15) is 0 Å². The quantitative estimate of drug-likeness (QED) is 0.254. The molecule has 1 N–H and O–H groups in total. The van der Waals surface area contributed by atoms with Crippen molar-refractivity contribution in [2.75, 3.05) is 11.1 Å². The van der Waals surface area contributed by atoms with Gasteiger partial charge in [0.25, 0.3) is 0 Å². The second-order valence-electron chi connectivity index (χ2n) is 9.13. The third kappa shape index (κ3) is 6.15. The van der Waals surface area contributed by atoms with Gasteiger partial charge in [-0.05, 0) is 79.8 Å². The number of ether oxygens (including phenoxy) is 1. The average molecular weight is 501 g/mol. The Morgan fingerprint density at radius 3 is 2.33 bits per heavy atom. The van der Waals surface area contributed by atoms with Crippen molar-refractivity contribution in [3.8, 4) is 11.4 Å². The van der Waals surface area contributed by atoms with Crippen LogP contribution in [0.3, 0.4) is 0 Å². The van der Waals surface area contributed by atoms with Crippen molar-refractivity contribution in [3.63, 3.8) is 0 Å². The summed E-state index contributed by atoms with van der Waals surface area (Å²) in [6, 6.07) is 24.0. The zero-order valence-electron chi connectivity index (χ0n) is 21.4. The van der Waals surface area contributed by atoms with E-state index in [0.717, 1.165) is 22.7 Å². The molecule has 1 amide bonds. The van der Waals surface area contributed by atoms with E-state index in [4.69, 9.17) is 4.74 Å². The number of para-hydroxylation sites is 1. The van der Waals surface area contributed by atoms with Crippen LogP contribution in [0.15, 0.2) is 78.0 Å². The molecule has 7 heteroatoms. The zero-order chi connectivity index (χ0) is 25.7. The van der Waals surface area contributed by atoms with Gasteiger partial charge in [-0.25, -0.2) is 0 Å². The molecule has 0 bridgehead atoms. The SMILES string of the molecule is Cc1ccc(NC(=O)CSc2nnc(C(C)Oc3ccc(C(C)C)cc3)n2-c2ccccc2)cc1C. The minimum atomic E-state index is -0.346. The molecule has 0 saturated carbocycles. The van der Waals surface area contributed by atoms with Gasteiger partial charge in [0, 0.05) is 11.4 Å². The predicted molar refractivity (Wildman–Crippen MR) is 146 cm³/mol. The Balaban J connectivity index is 1.51. The van der Waals surface area contributed by atoms with Crippen molar-refractivity contribution >= 4 is 23.4 Å². The van der Waals surface area contributed by atoms with E-state index >= 15 is 0 Å². The summed E-state index contributed by atoms with van der Waals surface area (Å²) < 4.78 is 8.18. The van der Waals surface area contributed by atoms with E-state index in [2.05, 4.69) is 48.4 Å². The van der Waals surface area contributed by atoms with Crippen LogP contribution in [-0.4, -0.2) is 26.4 Å². The van der Waals surface area contributed by atoms with Gasteiger partial charge < -0.3 is 10.1 Å². The lowest BCUT2D eigenvalue weighted by Gasteiger charge is -2.17. The van der Waals surface area contributed by atoms with Crippen LogP contribution >= 0.6 is 11.8 Å². The van der Waals surface area contributed by atoms with Crippen LogP contribution in [-0.2, 0) is 4.79 Å². The molecule has 6 nitrogen and oxygen atoms in total. The van der Waals surface area contributed by atoms with Gasteiger partial charge in [0.15, 0.2) is 17.1 Å². The smallest absolute Gasteiger partial charge is 0.234 e. The average Bonchev–Trinajstić information content (AvgIpc) is 3.30. The molecule has 0 fully saturated rings. The van der Waals surface area contributed by atoms with Crippen LogP contribution in [0.2, 0.25) is 0 Å². The lowest BCUT2D eigenvalue weighted by atomic mass is 10.0. The van der Waals surface area contributed by atoms with E-state index < -0.39 is 0 Å². The predicted octanol–water partition coefficient (Wildman–Crippen LogP) is 6.88. The van der Waals surface area contributed by atoms with Crippen molar-refractivity contribution in [3.05, 3.63) is 95.3 Å². The van der Waals surface area contributed by atoms with Crippen LogP contribution in [0.4, 0.5) is 5.69 Å². The van der Waals surface area contributed by atoms with Gasteiger partial charge in [0.05, 0.1) is 5.75 Å². The van der Waals surface area contributed by atoms with Crippen molar-refractivity contribution in [1.29, 1.82) is 0 Å². The Labute approximate surface area is 217 Å². The second kappa shape index (κ2) is 11.4. The normalized spacial score (nSPS) is 11.9. The summed E-state index contributed by atoms with van der Waals surface area (Å²) >= 11 is 1.35. The first-order valence-corrected chi connectivity index (χ1v) is 13.1. The fourth-order valence-electron chi connectivity index (χ4n) is 3.79. The number of aromatic nitrogens is 3. The van der Waals surface area contributed by atoms with E-state index in [1.54, 1.807) is 0 Å². The molecule has 3 aromatic carbocycles. The van der Waals surface area contributed by atoms with Gasteiger partial charge in [-0.15, -0.1) is 10.2 Å². The summed E-state index contributed by atoms with van der Waals surface area (Å²) in [7, 11) is 0. The third-order valence-corrected chi connectivity index (χ3v) is 6.95. The number of anilines is 1. The Morgan fingerprint density at radius 2 is 1.67 bits per heavy atom. The standard InChI is InChI=1S/C29H32N4O2S/c1-19(2)23-12-15-26(16-13-23)35-22(5)28-31-32-29(33(28)25-9-7-6-8-10-25)36-18-27(34)30-24-14-11-20(3)21(4)17-24/h6-17,19,22H,18H2,1-5H3,(H,30,34). The summed E-state index contributed by atoms with van der Waals surface area (Å²) in [5, 5.41) is 12.5. The summed E-state index contributed by atoms with van der Waals surface area (Å²) in [5.74, 6) is 2.03. The number of thioether (sulfide) groups is 1. The van der Waals surface area contributed by atoms with Crippen LogP contribution < -0.4 is 10.1 Å². The monoisotopic (exact) mass is 500 g/mol. The van der Waals surface area contributed by atoms with Gasteiger partial charge in [-0.3, -0.25) is 9.36 Å².